The lowest BCUT2D eigenvalue weighted by Gasteiger charge is -2.42. The van der Waals surface area contributed by atoms with Gasteiger partial charge in [0.15, 0.2) is 0 Å². The molecule has 0 radical (unpaired) electrons. The average molecular weight is 196 g/mol. The Balaban J connectivity index is 2.04. The molecule has 0 aromatic heterocycles. The summed E-state index contributed by atoms with van der Waals surface area (Å²) in [7, 11) is 0. The highest BCUT2D eigenvalue weighted by molar-refractivity contribution is 4.97. The van der Waals surface area contributed by atoms with E-state index in [0.29, 0.717) is 5.60 Å². The fourth-order valence-electron chi connectivity index (χ4n) is 3.48. The van der Waals surface area contributed by atoms with Crippen LogP contribution in [0.2, 0.25) is 0 Å². The summed E-state index contributed by atoms with van der Waals surface area (Å²) in [4.78, 5) is 0. The first-order chi connectivity index (χ1) is 6.68. The molecule has 2 aliphatic rings. The smallest absolute Gasteiger partial charge is 0.0709 e. The number of rotatable bonds is 2. The van der Waals surface area contributed by atoms with Gasteiger partial charge in [0.2, 0.25) is 0 Å². The van der Waals surface area contributed by atoms with E-state index < -0.39 is 0 Å². The minimum absolute atomic E-state index is 0.297. The van der Waals surface area contributed by atoms with Crippen LogP contribution < -0.4 is 0 Å². The highest BCUT2D eigenvalue weighted by Gasteiger charge is 2.46. The zero-order valence-corrected chi connectivity index (χ0v) is 9.88. The maximum Gasteiger partial charge on any atom is 0.0709 e. The lowest BCUT2D eigenvalue weighted by Crippen LogP contribution is -2.40. The molecule has 2 fully saturated rings. The average Bonchev–Trinajstić information content (AvgIpc) is 2.60. The largest absolute Gasteiger partial charge is 0.375 e. The molecule has 0 amide bonds. The maximum atomic E-state index is 6.02. The molecule has 1 heterocycles. The van der Waals surface area contributed by atoms with E-state index >= 15 is 0 Å². The van der Waals surface area contributed by atoms with E-state index in [4.69, 9.17) is 4.74 Å². The predicted molar refractivity (Wildman–Crippen MR) is 59.3 cm³/mol. The third-order valence-electron chi connectivity index (χ3n) is 4.67. The van der Waals surface area contributed by atoms with Gasteiger partial charge in [0.1, 0.15) is 0 Å². The van der Waals surface area contributed by atoms with E-state index in [0.717, 1.165) is 24.4 Å². The summed E-state index contributed by atoms with van der Waals surface area (Å²) in [5, 5.41) is 0. The second-order valence-electron chi connectivity index (χ2n) is 5.53. The van der Waals surface area contributed by atoms with Crippen LogP contribution in [0.25, 0.3) is 0 Å². The van der Waals surface area contributed by atoms with E-state index in [2.05, 4.69) is 20.8 Å². The van der Waals surface area contributed by atoms with Gasteiger partial charge in [-0.3, -0.25) is 0 Å². The van der Waals surface area contributed by atoms with Gasteiger partial charge in [-0.05, 0) is 49.9 Å². The zero-order chi connectivity index (χ0) is 10.2. The molecule has 3 atom stereocenters. The van der Waals surface area contributed by atoms with Gasteiger partial charge >= 0.3 is 0 Å². The van der Waals surface area contributed by atoms with Crippen molar-refractivity contribution in [1.82, 2.24) is 0 Å². The van der Waals surface area contributed by atoms with Crippen LogP contribution in [0.4, 0.5) is 0 Å². The van der Waals surface area contributed by atoms with Gasteiger partial charge in [0.25, 0.3) is 0 Å². The Morgan fingerprint density at radius 1 is 1.36 bits per heavy atom. The summed E-state index contributed by atoms with van der Waals surface area (Å²) in [6.45, 7) is 8.07. The molecule has 82 valence electrons. The first-order valence-electron chi connectivity index (χ1n) is 6.32. The maximum absolute atomic E-state index is 6.02. The van der Waals surface area contributed by atoms with Crippen molar-refractivity contribution in [3.63, 3.8) is 0 Å². The van der Waals surface area contributed by atoms with Crippen LogP contribution >= 0.6 is 0 Å². The fraction of sp³-hybridized carbons (Fsp3) is 1.00. The summed E-state index contributed by atoms with van der Waals surface area (Å²) in [6.07, 6.45) is 6.67. The SMILES string of the molecule is CCC12CCC(C(C)C)CC1CCO2. The third-order valence-corrected chi connectivity index (χ3v) is 4.67. The molecule has 0 aromatic carbocycles. The van der Waals surface area contributed by atoms with Crippen LogP contribution in [0.15, 0.2) is 0 Å². The third kappa shape index (κ3) is 1.60. The molecular formula is C13H24O. The normalized spacial score (nSPS) is 42.9. The van der Waals surface area contributed by atoms with E-state index in [9.17, 15) is 0 Å². The second-order valence-corrected chi connectivity index (χ2v) is 5.53. The lowest BCUT2D eigenvalue weighted by molar-refractivity contribution is -0.0619. The van der Waals surface area contributed by atoms with Crippen molar-refractivity contribution in [3.8, 4) is 0 Å². The van der Waals surface area contributed by atoms with Gasteiger partial charge < -0.3 is 4.74 Å². The van der Waals surface area contributed by atoms with Crippen molar-refractivity contribution in [2.24, 2.45) is 17.8 Å². The molecule has 1 saturated heterocycles. The predicted octanol–water partition coefficient (Wildman–Crippen LogP) is 3.63. The van der Waals surface area contributed by atoms with Crippen molar-refractivity contribution in [1.29, 1.82) is 0 Å². The molecule has 1 nitrogen and oxygen atoms in total. The van der Waals surface area contributed by atoms with Crippen molar-refractivity contribution < 1.29 is 4.74 Å². The van der Waals surface area contributed by atoms with Crippen LogP contribution in [-0.2, 0) is 4.74 Å². The summed E-state index contributed by atoms with van der Waals surface area (Å²) in [6, 6.07) is 0. The van der Waals surface area contributed by atoms with E-state index in [1.165, 1.54) is 32.1 Å². The van der Waals surface area contributed by atoms with Crippen LogP contribution in [0.5, 0.6) is 0 Å². The Bertz CT molecular complexity index is 199. The van der Waals surface area contributed by atoms with E-state index in [1.807, 2.05) is 0 Å². The van der Waals surface area contributed by atoms with E-state index in [1.54, 1.807) is 0 Å². The van der Waals surface area contributed by atoms with Crippen LogP contribution in [0, 0.1) is 17.8 Å². The number of ether oxygens (including phenoxy) is 1. The van der Waals surface area contributed by atoms with Crippen molar-refractivity contribution in [2.75, 3.05) is 6.61 Å². The molecule has 3 unspecified atom stereocenters. The second kappa shape index (κ2) is 3.84. The standard InChI is InChI=1S/C13H24O/c1-4-13-7-5-11(10(2)3)9-12(13)6-8-14-13/h10-12H,4-9H2,1-3H3. The first kappa shape index (κ1) is 10.5. The van der Waals surface area contributed by atoms with Gasteiger partial charge in [0.05, 0.1) is 5.60 Å². The lowest BCUT2D eigenvalue weighted by atomic mass is 9.67. The molecule has 1 heteroatoms. The molecule has 14 heavy (non-hydrogen) atoms. The molecular weight excluding hydrogens is 172 g/mol. The molecule has 1 aliphatic carbocycles. The molecule has 1 saturated carbocycles. The Kier molecular flexibility index (Phi) is 2.88. The number of fused-ring (bicyclic) bond motifs is 1. The van der Waals surface area contributed by atoms with Gasteiger partial charge in [0, 0.05) is 6.61 Å². The van der Waals surface area contributed by atoms with Gasteiger partial charge in [-0.25, -0.2) is 0 Å². The van der Waals surface area contributed by atoms with Crippen LogP contribution in [-0.4, -0.2) is 12.2 Å². The summed E-state index contributed by atoms with van der Waals surface area (Å²) < 4.78 is 6.02. The van der Waals surface area contributed by atoms with Gasteiger partial charge in [-0.1, -0.05) is 20.8 Å². The topological polar surface area (TPSA) is 9.23 Å². The van der Waals surface area contributed by atoms with Crippen LogP contribution in [0.3, 0.4) is 0 Å². The Labute approximate surface area is 88.2 Å². The molecule has 0 aromatic rings. The minimum Gasteiger partial charge on any atom is -0.375 e. The highest BCUT2D eigenvalue weighted by atomic mass is 16.5. The summed E-state index contributed by atoms with van der Waals surface area (Å²) in [5.74, 6) is 2.69. The Morgan fingerprint density at radius 2 is 2.14 bits per heavy atom. The molecule has 1 aliphatic heterocycles. The van der Waals surface area contributed by atoms with E-state index in [-0.39, 0.29) is 0 Å². The van der Waals surface area contributed by atoms with Crippen LogP contribution in [0.1, 0.15) is 52.9 Å². The highest BCUT2D eigenvalue weighted by Crippen LogP contribution is 2.48. The first-order valence-corrected chi connectivity index (χ1v) is 6.32. The molecule has 2 rings (SSSR count). The Hall–Kier alpha value is -0.0400. The number of hydrogen-bond acceptors (Lipinski definition) is 1. The monoisotopic (exact) mass is 196 g/mol. The Morgan fingerprint density at radius 3 is 2.79 bits per heavy atom. The molecule has 0 N–H and O–H groups in total. The van der Waals surface area contributed by atoms with Crippen molar-refractivity contribution in [2.45, 2.75) is 58.5 Å². The molecule has 0 spiro atoms. The fourth-order valence-corrected chi connectivity index (χ4v) is 3.48. The van der Waals surface area contributed by atoms with Crippen molar-refractivity contribution in [3.05, 3.63) is 0 Å². The van der Waals surface area contributed by atoms with Gasteiger partial charge in [-0.15, -0.1) is 0 Å². The summed E-state index contributed by atoms with van der Waals surface area (Å²) in [5.41, 5.74) is 0.297. The zero-order valence-electron chi connectivity index (χ0n) is 9.88. The summed E-state index contributed by atoms with van der Waals surface area (Å²) >= 11 is 0. The number of hydrogen-bond donors (Lipinski definition) is 0. The van der Waals surface area contributed by atoms with Crippen molar-refractivity contribution >= 4 is 0 Å². The van der Waals surface area contributed by atoms with Gasteiger partial charge in [-0.2, -0.15) is 0 Å². The quantitative estimate of drug-likeness (QED) is 0.655. The minimum atomic E-state index is 0.297. The molecule has 0 bridgehead atoms.